The molecule has 1 radical (unpaired) electrons. The Morgan fingerprint density at radius 1 is 1.50 bits per heavy atom. The van der Waals surface area contributed by atoms with Crippen molar-refractivity contribution in [1.82, 2.24) is 0 Å². The average Bonchev–Trinajstić information content (AvgIpc) is 2.14. The largest absolute Gasteiger partial charge is 0.492 e. The van der Waals surface area contributed by atoms with Crippen molar-refractivity contribution in [2.75, 3.05) is 13.2 Å². The molecule has 0 atom stereocenters. The number of hydrogen-bond acceptors (Lipinski definition) is 3. The van der Waals surface area contributed by atoms with Crippen LogP contribution >= 0.6 is 0 Å². The van der Waals surface area contributed by atoms with Crippen LogP contribution in [-0.4, -0.2) is 19.2 Å². The van der Waals surface area contributed by atoms with Crippen molar-refractivity contribution in [2.45, 2.75) is 0 Å². The van der Waals surface area contributed by atoms with E-state index >= 15 is 0 Å². The quantitative estimate of drug-likeness (QED) is 0.379. The fraction of sp³-hybridized carbons (Fsp3) is 0.222. The van der Waals surface area contributed by atoms with Gasteiger partial charge in [-0.15, -0.1) is 0 Å². The number of hydrogen-bond donors (Lipinski definition) is 0. The van der Waals surface area contributed by atoms with E-state index < -0.39 is 0 Å². The topological polar surface area (TPSA) is 38.7 Å². The lowest BCUT2D eigenvalue weighted by Crippen LogP contribution is -2.00. The van der Waals surface area contributed by atoms with Crippen LogP contribution < -0.4 is 4.74 Å². The first-order chi connectivity index (χ1) is 5.93. The van der Waals surface area contributed by atoms with E-state index in [1.54, 1.807) is 24.3 Å². The van der Waals surface area contributed by atoms with Crippen molar-refractivity contribution >= 4 is 6.08 Å². The van der Waals surface area contributed by atoms with Crippen LogP contribution in [0.3, 0.4) is 0 Å². The van der Waals surface area contributed by atoms with Crippen molar-refractivity contribution in [3.8, 4) is 5.75 Å². The zero-order chi connectivity index (χ0) is 8.65. The van der Waals surface area contributed by atoms with Crippen LogP contribution in [-0.2, 0) is 4.79 Å². The first-order valence-corrected chi connectivity index (χ1v) is 3.56. The van der Waals surface area contributed by atoms with E-state index in [9.17, 15) is 4.79 Å². The third-order valence-corrected chi connectivity index (χ3v) is 1.22. The van der Waals surface area contributed by atoms with Crippen LogP contribution in [0.15, 0.2) is 29.3 Å². The molecule has 0 saturated heterocycles. The van der Waals surface area contributed by atoms with Gasteiger partial charge in [-0.05, 0) is 18.2 Å². The number of nitrogens with zero attached hydrogens (tertiary/aromatic N) is 1. The van der Waals surface area contributed by atoms with Crippen molar-refractivity contribution in [3.05, 3.63) is 30.3 Å². The molecular weight excluding hydrogens is 154 g/mol. The van der Waals surface area contributed by atoms with E-state index in [1.165, 1.54) is 6.08 Å². The minimum atomic E-state index is 0.349. The van der Waals surface area contributed by atoms with Crippen molar-refractivity contribution in [2.24, 2.45) is 4.99 Å². The summed E-state index contributed by atoms with van der Waals surface area (Å²) < 4.78 is 5.22. The zero-order valence-corrected chi connectivity index (χ0v) is 6.49. The molecule has 0 spiro atoms. The fourth-order valence-electron chi connectivity index (χ4n) is 0.723. The highest BCUT2D eigenvalue weighted by Gasteiger charge is 1.88. The minimum absolute atomic E-state index is 0.349. The summed E-state index contributed by atoms with van der Waals surface area (Å²) in [5, 5.41) is 0. The Labute approximate surface area is 70.7 Å². The lowest BCUT2D eigenvalue weighted by molar-refractivity contribution is 0.328. The molecule has 0 amide bonds. The first kappa shape index (κ1) is 8.50. The molecule has 1 aromatic rings. The average molecular weight is 162 g/mol. The van der Waals surface area contributed by atoms with Gasteiger partial charge < -0.3 is 4.74 Å². The lowest BCUT2D eigenvalue weighted by Gasteiger charge is -2.01. The molecular formula is C9H8NO2. The molecule has 0 aliphatic carbocycles. The molecule has 0 N–H and O–H groups in total. The van der Waals surface area contributed by atoms with Gasteiger partial charge in [-0.25, -0.2) is 9.79 Å². The molecule has 1 aromatic carbocycles. The van der Waals surface area contributed by atoms with Gasteiger partial charge in [0.25, 0.3) is 0 Å². The zero-order valence-electron chi connectivity index (χ0n) is 6.49. The molecule has 61 valence electrons. The van der Waals surface area contributed by atoms with E-state index in [1.807, 2.05) is 0 Å². The number of aliphatic imine (C=N–C) groups is 1. The molecule has 1 rings (SSSR count). The van der Waals surface area contributed by atoms with Gasteiger partial charge in [0, 0.05) is 0 Å². The van der Waals surface area contributed by atoms with E-state index in [4.69, 9.17) is 4.74 Å². The Bertz CT molecular complexity index is 265. The van der Waals surface area contributed by atoms with Gasteiger partial charge in [0.15, 0.2) is 0 Å². The van der Waals surface area contributed by atoms with Crippen LogP contribution in [0, 0.1) is 6.07 Å². The maximum absolute atomic E-state index is 9.66. The van der Waals surface area contributed by atoms with E-state index in [0.717, 1.165) is 5.75 Å². The van der Waals surface area contributed by atoms with Crippen LogP contribution in [0.1, 0.15) is 0 Å². The summed E-state index contributed by atoms with van der Waals surface area (Å²) in [6, 6.07) is 9.99. The highest BCUT2D eigenvalue weighted by atomic mass is 16.5. The molecule has 0 saturated carbocycles. The van der Waals surface area contributed by atoms with E-state index in [2.05, 4.69) is 11.1 Å². The SMILES string of the molecule is O=C=NCCOc1cc[c]cc1. The molecule has 0 aliphatic heterocycles. The lowest BCUT2D eigenvalue weighted by atomic mass is 10.3. The predicted molar refractivity (Wildman–Crippen MR) is 43.8 cm³/mol. The maximum Gasteiger partial charge on any atom is 0.235 e. The Kier molecular flexibility index (Phi) is 3.61. The Balaban J connectivity index is 2.29. The summed E-state index contributed by atoms with van der Waals surface area (Å²) in [6.07, 6.45) is 1.44. The van der Waals surface area contributed by atoms with Crippen LogP contribution in [0.5, 0.6) is 5.75 Å². The standard InChI is InChI=1S/C9H8NO2/c11-8-10-6-7-12-9-4-2-1-3-5-9/h2-5H,6-7H2. The van der Waals surface area contributed by atoms with Gasteiger partial charge in [0.2, 0.25) is 6.08 Å². The number of rotatable bonds is 4. The summed E-state index contributed by atoms with van der Waals surface area (Å²) >= 11 is 0. The summed E-state index contributed by atoms with van der Waals surface area (Å²) in [7, 11) is 0. The molecule has 0 aromatic heterocycles. The smallest absolute Gasteiger partial charge is 0.235 e. The van der Waals surface area contributed by atoms with Gasteiger partial charge in [-0.1, -0.05) is 12.1 Å². The second kappa shape index (κ2) is 5.10. The molecule has 0 aliphatic rings. The summed E-state index contributed by atoms with van der Waals surface area (Å²) in [4.78, 5) is 13.0. The second-order valence-corrected chi connectivity index (χ2v) is 2.06. The van der Waals surface area contributed by atoms with Gasteiger partial charge in [0.05, 0.1) is 6.54 Å². The van der Waals surface area contributed by atoms with Crippen LogP contribution in [0.25, 0.3) is 0 Å². The molecule has 0 heterocycles. The number of isocyanates is 1. The summed E-state index contributed by atoms with van der Waals surface area (Å²) in [5.41, 5.74) is 0. The molecule has 3 nitrogen and oxygen atoms in total. The van der Waals surface area contributed by atoms with Gasteiger partial charge >= 0.3 is 0 Å². The maximum atomic E-state index is 9.66. The Morgan fingerprint density at radius 3 is 2.92 bits per heavy atom. The fourth-order valence-corrected chi connectivity index (χ4v) is 0.723. The third-order valence-electron chi connectivity index (χ3n) is 1.22. The number of benzene rings is 1. The second-order valence-electron chi connectivity index (χ2n) is 2.06. The monoisotopic (exact) mass is 162 g/mol. The Hall–Kier alpha value is -1.60. The molecule has 0 bridgehead atoms. The minimum Gasteiger partial charge on any atom is -0.492 e. The van der Waals surface area contributed by atoms with Crippen LogP contribution in [0.4, 0.5) is 0 Å². The highest BCUT2D eigenvalue weighted by Crippen LogP contribution is 2.06. The Morgan fingerprint density at radius 2 is 2.25 bits per heavy atom. The molecule has 12 heavy (non-hydrogen) atoms. The van der Waals surface area contributed by atoms with Gasteiger partial charge in [-0.2, -0.15) is 0 Å². The predicted octanol–water partition coefficient (Wildman–Crippen LogP) is 1.20. The van der Waals surface area contributed by atoms with E-state index in [-0.39, 0.29) is 0 Å². The van der Waals surface area contributed by atoms with Gasteiger partial charge in [-0.3, -0.25) is 0 Å². The van der Waals surface area contributed by atoms with E-state index in [0.29, 0.717) is 13.2 Å². The van der Waals surface area contributed by atoms with Crippen molar-refractivity contribution in [1.29, 1.82) is 0 Å². The summed E-state index contributed by atoms with van der Waals surface area (Å²) in [6.45, 7) is 0.751. The van der Waals surface area contributed by atoms with Crippen molar-refractivity contribution < 1.29 is 9.53 Å². The normalized spacial score (nSPS) is 8.67. The summed E-state index contributed by atoms with van der Waals surface area (Å²) in [5.74, 6) is 0.759. The van der Waals surface area contributed by atoms with Crippen molar-refractivity contribution in [3.63, 3.8) is 0 Å². The number of ether oxygens (including phenoxy) is 1. The third kappa shape index (κ3) is 2.99. The number of carbonyl (C=O) groups excluding carboxylic acids is 1. The molecule has 0 unspecified atom stereocenters. The molecule has 0 fully saturated rings. The highest BCUT2D eigenvalue weighted by molar-refractivity contribution is 5.32. The van der Waals surface area contributed by atoms with Crippen LogP contribution in [0.2, 0.25) is 0 Å². The van der Waals surface area contributed by atoms with Gasteiger partial charge in [0.1, 0.15) is 12.4 Å². The first-order valence-electron chi connectivity index (χ1n) is 3.56. The molecule has 3 heteroatoms.